The second-order valence-corrected chi connectivity index (χ2v) is 4.82. The molecule has 23 heavy (non-hydrogen) atoms. The summed E-state index contributed by atoms with van der Waals surface area (Å²) in [5.41, 5.74) is 0. The Balaban J connectivity index is -0.00000200. The number of hydrogen-bond donors (Lipinski definition) is 6. The van der Waals surface area contributed by atoms with E-state index in [1.54, 1.807) is 0 Å². The minimum Gasteiger partial charge on any atom is -2.00 e. The van der Waals surface area contributed by atoms with Crippen molar-refractivity contribution in [2.45, 2.75) is 19.3 Å². The van der Waals surface area contributed by atoms with Gasteiger partial charge in [0.2, 0.25) is 0 Å². The summed E-state index contributed by atoms with van der Waals surface area (Å²) < 4.78 is 0. The summed E-state index contributed by atoms with van der Waals surface area (Å²) in [7, 11) is 0. The van der Waals surface area contributed by atoms with Crippen LogP contribution in [-0.4, -0.2) is 58.6 Å². The summed E-state index contributed by atoms with van der Waals surface area (Å²) >= 11 is 9.92. The summed E-state index contributed by atoms with van der Waals surface area (Å²) in [5.74, 6) is -1.75. The first-order chi connectivity index (χ1) is 9.91. The predicted molar refractivity (Wildman–Crippen MR) is 87.0 cm³/mol. The molecule has 1 radical (unpaired) electrons. The van der Waals surface area contributed by atoms with Crippen molar-refractivity contribution < 1.29 is 45.7 Å². The van der Waals surface area contributed by atoms with Crippen molar-refractivity contribution in [1.82, 2.24) is 21.3 Å². The van der Waals surface area contributed by atoms with E-state index in [0.29, 0.717) is 23.3 Å². The van der Waals surface area contributed by atoms with Crippen LogP contribution in [-0.2, 0) is 35.5 Å². The maximum absolute atomic E-state index is 10.3. The van der Waals surface area contributed by atoms with Crippen LogP contribution in [0.3, 0.4) is 0 Å². The van der Waals surface area contributed by atoms with Crippen LogP contribution in [0, 0.1) is 0 Å². The zero-order chi connectivity index (χ0) is 16.1. The van der Waals surface area contributed by atoms with E-state index in [-0.39, 0.29) is 51.8 Å². The van der Waals surface area contributed by atoms with Gasteiger partial charge in [0.1, 0.15) is 0 Å². The number of carboxylic acids is 2. The standard InChI is InChI=1S/C11H20N4O4S2.O.Re/c16-8(17)2-6-14-10(20)12-4-1-5-13-11(21)15-7-3-9(18)19;;/h1-7H2,(H,16,17)(H,18,19)(H2,12,14,20)(H2,13,15,21);;/q;-2;. The van der Waals surface area contributed by atoms with Gasteiger partial charge in [-0.2, -0.15) is 0 Å². The van der Waals surface area contributed by atoms with E-state index < -0.39 is 11.9 Å². The van der Waals surface area contributed by atoms with E-state index >= 15 is 0 Å². The van der Waals surface area contributed by atoms with E-state index in [1.807, 2.05) is 0 Å². The average molecular weight is 539 g/mol. The molecule has 0 unspecified atom stereocenters. The number of thiocarbonyl (C=S) groups is 2. The summed E-state index contributed by atoms with van der Waals surface area (Å²) in [6.45, 7) is 1.81. The fourth-order valence-corrected chi connectivity index (χ4v) is 1.59. The van der Waals surface area contributed by atoms with Gasteiger partial charge in [-0.15, -0.1) is 0 Å². The van der Waals surface area contributed by atoms with E-state index in [2.05, 4.69) is 21.3 Å². The first kappa shape index (κ1) is 26.8. The smallest absolute Gasteiger partial charge is 0.305 e. The van der Waals surface area contributed by atoms with Gasteiger partial charge in [0.05, 0.1) is 12.8 Å². The monoisotopic (exact) mass is 539 g/mol. The molecule has 9 nitrogen and oxygen atoms in total. The Hall–Kier alpha value is -1.06. The zero-order valence-electron chi connectivity index (χ0n) is 12.3. The molecule has 0 heterocycles. The van der Waals surface area contributed by atoms with E-state index in [4.69, 9.17) is 34.6 Å². The van der Waals surface area contributed by atoms with Crippen molar-refractivity contribution in [3.63, 3.8) is 0 Å². The van der Waals surface area contributed by atoms with Crippen molar-refractivity contribution in [3.05, 3.63) is 0 Å². The molecule has 0 rings (SSSR count). The number of nitrogens with one attached hydrogen (secondary N) is 4. The molecule has 135 valence electrons. The van der Waals surface area contributed by atoms with E-state index in [1.165, 1.54) is 0 Å². The normalized spacial score (nSPS) is 8.70. The molecule has 0 spiro atoms. The van der Waals surface area contributed by atoms with Crippen molar-refractivity contribution >= 4 is 46.6 Å². The Bertz CT molecular complexity index is 353. The van der Waals surface area contributed by atoms with Gasteiger partial charge in [0, 0.05) is 46.6 Å². The van der Waals surface area contributed by atoms with Gasteiger partial charge in [-0.05, 0) is 30.9 Å². The van der Waals surface area contributed by atoms with Crippen LogP contribution in [0.25, 0.3) is 0 Å². The van der Waals surface area contributed by atoms with Crippen LogP contribution in [0.2, 0.25) is 0 Å². The molecular weight excluding hydrogens is 518 g/mol. The summed E-state index contributed by atoms with van der Waals surface area (Å²) in [5, 5.41) is 29.2. The minimum absolute atomic E-state index is 0. The third-order valence-electron chi connectivity index (χ3n) is 2.17. The number of hydrogen-bond acceptors (Lipinski definition) is 4. The molecule has 6 N–H and O–H groups in total. The molecule has 0 atom stereocenters. The third kappa shape index (κ3) is 20.9. The molecule has 0 aliphatic rings. The number of aliphatic carboxylic acids is 2. The van der Waals surface area contributed by atoms with Gasteiger partial charge < -0.3 is 37.0 Å². The number of carboxylic acid groups (broad SMARTS) is 2. The Morgan fingerprint density at radius 1 is 0.739 bits per heavy atom. The molecule has 0 amide bonds. The predicted octanol–water partition coefficient (Wildman–Crippen LogP) is -0.867. The molecule has 0 aromatic rings. The molecule has 0 fully saturated rings. The summed E-state index contributed by atoms with van der Waals surface area (Å²) in [4.78, 5) is 20.6. The average Bonchev–Trinajstić information content (AvgIpc) is 2.37. The molecule has 0 saturated carbocycles. The van der Waals surface area contributed by atoms with Crippen molar-refractivity contribution in [1.29, 1.82) is 0 Å². The Morgan fingerprint density at radius 2 is 1.04 bits per heavy atom. The topological polar surface area (TPSA) is 151 Å². The zero-order valence-corrected chi connectivity index (χ0v) is 16.6. The molecule has 12 heteroatoms. The van der Waals surface area contributed by atoms with Crippen LogP contribution < -0.4 is 21.3 Å². The molecule has 0 aromatic carbocycles. The van der Waals surface area contributed by atoms with Crippen molar-refractivity contribution in [2.75, 3.05) is 26.2 Å². The van der Waals surface area contributed by atoms with Crippen LogP contribution >= 0.6 is 24.4 Å². The van der Waals surface area contributed by atoms with Crippen LogP contribution in [0.1, 0.15) is 19.3 Å². The fourth-order valence-electron chi connectivity index (χ4n) is 1.18. The molecule has 0 saturated heterocycles. The van der Waals surface area contributed by atoms with Crippen molar-refractivity contribution in [2.24, 2.45) is 0 Å². The van der Waals surface area contributed by atoms with Gasteiger partial charge in [-0.3, -0.25) is 9.59 Å². The maximum Gasteiger partial charge on any atom is 0.305 e. The third-order valence-corrected chi connectivity index (χ3v) is 2.75. The molecule has 0 aromatic heterocycles. The summed E-state index contributed by atoms with van der Waals surface area (Å²) in [6.07, 6.45) is 0.779. The van der Waals surface area contributed by atoms with Gasteiger partial charge in [-0.25, -0.2) is 0 Å². The quantitative estimate of drug-likeness (QED) is 0.153. The Morgan fingerprint density at radius 3 is 1.35 bits per heavy atom. The van der Waals surface area contributed by atoms with Gasteiger partial charge >= 0.3 is 11.9 Å². The van der Waals surface area contributed by atoms with Crippen LogP contribution in [0.4, 0.5) is 0 Å². The number of carbonyl (C=O) groups is 2. The second-order valence-electron chi connectivity index (χ2n) is 4.01. The van der Waals surface area contributed by atoms with Gasteiger partial charge in [0.25, 0.3) is 0 Å². The maximum atomic E-state index is 10.3. The van der Waals surface area contributed by atoms with Gasteiger partial charge in [-0.1, -0.05) is 0 Å². The van der Waals surface area contributed by atoms with Crippen molar-refractivity contribution in [3.8, 4) is 0 Å². The van der Waals surface area contributed by atoms with Crippen LogP contribution in [0.5, 0.6) is 0 Å². The first-order valence-electron chi connectivity index (χ1n) is 6.39. The Labute approximate surface area is 158 Å². The number of rotatable bonds is 10. The molecular formula is C11H20N4O5ReS2-2. The summed E-state index contributed by atoms with van der Waals surface area (Å²) in [6, 6.07) is 0. The molecule has 0 aliphatic heterocycles. The first-order valence-corrected chi connectivity index (χ1v) is 7.20. The molecule has 0 bridgehead atoms. The van der Waals surface area contributed by atoms with E-state index in [0.717, 1.165) is 6.42 Å². The Kier molecular flexibility index (Phi) is 20.2. The van der Waals surface area contributed by atoms with E-state index in [9.17, 15) is 9.59 Å². The largest absolute Gasteiger partial charge is 2.00 e. The minimum atomic E-state index is -0.876. The van der Waals surface area contributed by atoms with Gasteiger partial charge in [0.15, 0.2) is 10.2 Å². The fraction of sp³-hybridized carbons (Fsp3) is 0.636. The SMILES string of the molecule is O=C(O)CCNC(=S)NCCCNC(=S)NCCC(=O)O.[O-2].[Re]. The second kappa shape index (κ2) is 17.3. The van der Waals surface area contributed by atoms with Crippen LogP contribution in [0.15, 0.2) is 0 Å². The molecule has 0 aliphatic carbocycles.